The summed E-state index contributed by atoms with van der Waals surface area (Å²) in [7, 11) is 0. The fourth-order valence-electron chi connectivity index (χ4n) is 2.62. The van der Waals surface area contributed by atoms with Crippen molar-refractivity contribution in [2.24, 2.45) is 17.3 Å². The molecule has 0 aromatic carbocycles. The maximum Gasteiger partial charge on any atom is 0.126 e. The molecule has 0 aromatic rings. The molecule has 1 heteroatoms. The summed E-state index contributed by atoms with van der Waals surface area (Å²) in [6.07, 6.45) is 9.07. The molecule has 0 saturated heterocycles. The lowest BCUT2D eigenvalue weighted by Gasteiger charge is -2.27. The second-order valence-electron chi connectivity index (χ2n) is 3.90. The van der Waals surface area contributed by atoms with Crippen LogP contribution in [0.2, 0.25) is 0 Å². The topological polar surface area (TPSA) is 17.1 Å². The van der Waals surface area contributed by atoms with Crippen LogP contribution in [0.25, 0.3) is 0 Å². The molecular weight excluding hydrogens is 136 g/mol. The zero-order valence-electron chi connectivity index (χ0n) is 6.92. The monoisotopic (exact) mass is 150 g/mol. The first-order chi connectivity index (χ1) is 5.30. The maximum atomic E-state index is 10.9. The standard InChI is InChI=1S/C10H14O/c1-2-10(7-11)6-8-3-4-9(10)5-8/h3-4,7-9H,2,5-6H2,1H3/t8-,9-,10-/m0/s1. The Hall–Kier alpha value is -0.590. The largest absolute Gasteiger partial charge is 0.303 e. The van der Waals surface area contributed by atoms with Crippen molar-refractivity contribution >= 4 is 6.29 Å². The molecule has 0 radical (unpaired) electrons. The van der Waals surface area contributed by atoms with Gasteiger partial charge in [0.05, 0.1) is 0 Å². The summed E-state index contributed by atoms with van der Waals surface area (Å²) in [4.78, 5) is 10.9. The predicted molar refractivity (Wildman–Crippen MR) is 44.1 cm³/mol. The number of rotatable bonds is 2. The van der Waals surface area contributed by atoms with Crippen molar-refractivity contribution in [3.05, 3.63) is 12.2 Å². The molecule has 1 nitrogen and oxygen atoms in total. The zero-order valence-corrected chi connectivity index (χ0v) is 6.92. The minimum absolute atomic E-state index is 0.0272. The van der Waals surface area contributed by atoms with Crippen molar-refractivity contribution in [1.29, 1.82) is 0 Å². The SMILES string of the molecule is CC[C@@]1(C=O)C[C@H]2C=C[C@H]1C2. The van der Waals surface area contributed by atoms with Gasteiger partial charge in [0.1, 0.15) is 6.29 Å². The van der Waals surface area contributed by atoms with Gasteiger partial charge < -0.3 is 4.79 Å². The highest BCUT2D eigenvalue weighted by atomic mass is 16.1. The highest BCUT2D eigenvalue weighted by Gasteiger charge is 2.46. The van der Waals surface area contributed by atoms with E-state index in [0.717, 1.165) is 12.8 Å². The van der Waals surface area contributed by atoms with Gasteiger partial charge in [0.25, 0.3) is 0 Å². The van der Waals surface area contributed by atoms with E-state index in [2.05, 4.69) is 19.1 Å². The molecule has 11 heavy (non-hydrogen) atoms. The van der Waals surface area contributed by atoms with Crippen LogP contribution in [-0.2, 0) is 4.79 Å². The molecule has 1 fully saturated rings. The predicted octanol–water partition coefficient (Wildman–Crippen LogP) is 2.18. The average Bonchev–Trinajstić information content (AvgIpc) is 2.62. The van der Waals surface area contributed by atoms with Crippen LogP contribution in [0.1, 0.15) is 26.2 Å². The summed E-state index contributed by atoms with van der Waals surface area (Å²) in [6.45, 7) is 2.13. The Labute approximate surface area is 67.5 Å². The van der Waals surface area contributed by atoms with Crippen LogP contribution in [0.4, 0.5) is 0 Å². The second-order valence-corrected chi connectivity index (χ2v) is 3.90. The first-order valence-electron chi connectivity index (χ1n) is 4.45. The lowest BCUT2D eigenvalue weighted by atomic mass is 9.75. The maximum absolute atomic E-state index is 10.9. The molecule has 0 unspecified atom stereocenters. The van der Waals surface area contributed by atoms with Gasteiger partial charge in [-0.1, -0.05) is 19.1 Å². The fourth-order valence-corrected chi connectivity index (χ4v) is 2.62. The van der Waals surface area contributed by atoms with Crippen molar-refractivity contribution in [2.45, 2.75) is 26.2 Å². The van der Waals surface area contributed by atoms with Crippen LogP contribution in [-0.4, -0.2) is 6.29 Å². The molecular formula is C10H14O. The van der Waals surface area contributed by atoms with Gasteiger partial charge in [-0.3, -0.25) is 0 Å². The summed E-state index contributed by atoms with van der Waals surface area (Å²) in [5.74, 6) is 1.28. The van der Waals surface area contributed by atoms with Gasteiger partial charge in [-0.2, -0.15) is 0 Å². The van der Waals surface area contributed by atoms with Gasteiger partial charge in [0, 0.05) is 5.41 Å². The van der Waals surface area contributed by atoms with E-state index < -0.39 is 0 Å². The lowest BCUT2D eigenvalue weighted by molar-refractivity contribution is -0.117. The highest BCUT2D eigenvalue weighted by Crippen LogP contribution is 2.52. The number of aldehydes is 1. The Balaban J connectivity index is 2.28. The van der Waals surface area contributed by atoms with E-state index in [1.807, 2.05) is 0 Å². The summed E-state index contributed by atoms with van der Waals surface area (Å²) >= 11 is 0. The normalized spacial score (nSPS) is 46.6. The molecule has 1 saturated carbocycles. The summed E-state index contributed by atoms with van der Waals surface area (Å²) in [6, 6.07) is 0. The smallest absolute Gasteiger partial charge is 0.126 e. The van der Waals surface area contributed by atoms with E-state index in [0.29, 0.717) is 11.8 Å². The van der Waals surface area contributed by atoms with Crippen molar-refractivity contribution < 1.29 is 4.79 Å². The Morgan fingerprint density at radius 2 is 2.45 bits per heavy atom. The molecule has 0 amide bonds. The van der Waals surface area contributed by atoms with Crippen molar-refractivity contribution in [3.63, 3.8) is 0 Å². The summed E-state index contributed by atoms with van der Waals surface area (Å²) < 4.78 is 0. The third-order valence-corrected chi connectivity index (χ3v) is 3.45. The molecule has 0 aromatic heterocycles. The summed E-state index contributed by atoms with van der Waals surface area (Å²) in [5.41, 5.74) is 0.0272. The van der Waals surface area contributed by atoms with E-state index in [4.69, 9.17) is 0 Å². The van der Waals surface area contributed by atoms with Crippen LogP contribution in [0.3, 0.4) is 0 Å². The molecule has 2 bridgehead atoms. The van der Waals surface area contributed by atoms with Crippen molar-refractivity contribution in [1.82, 2.24) is 0 Å². The molecule has 60 valence electrons. The Morgan fingerprint density at radius 3 is 2.73 bits per heavy atom. The Bertz CT molecular complexity index is 207. The second kappa shape index (κ2) is 2.20. The number of hydrogen-bond acceptors (Lipinski definition) is 1. The van der Waals surface area contributed by atoms with Gasteiger partial charge in [-0.15, -0.1) is 0 Å². The van der Waals surface area contributed by atoms with Crippen molar-refractivity contribution in [3.8, 4) is 0 Å². The average molecular weight is 150 g/mol. The quantitative estimate of drug-likeness (QED) is 0.435. The number of carbonyl (C=O) groups excluding carboxylic acids is 1. The van der Waals surface area contributed by atoms with Crippen LogP contribution in [0.15, 0.2) is 12.2 Å². The van der Waals surface area contributed by atoms with Crippen molar-refractivity contribution in [2.75, 3.05) is 0 Å². The van der Waals surface area contributed by atoms with Gasteiger partial charge >= 0.3 is 0 Å². The molecule has 2 aliphatic rings. The first kappa shape index (κ1) is 7.08. The van der Waals surface area contributed by atoms with Gasteiger partial charge in [-0.25, -0.2) is 0 Å². The van der Waals surface area contributed by atoms with E-state index in [1.54, 1.807) is 0 Å². The van der Waals surface area contributed by atoms with E-state index in [1.165, 1.54) is 12.7 Å². The Morgan fingerprint density at radius 1 is 1.64 bits per heavy atom. The van der Waals surface area contributed by atoms with Crippen LogP contribution >= 0.6 is 0 Å². The number of allylic oxidation sites excluding steroid dienone is 2. The van der Waals surface area contributed by atoms with Crippen LogP contribution in [0.5, 0.6) is 0 Å². The van der Waals surface area contributed by atoms with E-state index in [9.17, 15) is 4.79 Å². The van der Waals surface area contributed by atoms with Crippen LogP contribution < -0.4 is 0 Å². The first-order valence-corrected chi connectivity index (χ1v) is 4.45. The lowest BCUT2D eigenvalue weighted by Crippen LogP contribution is -2.26. The summed E-state index contributed by atoms with van der Waals surface area (Å²) in [5, 5.41) is 0. The minimum atomic E-state index is 0.0272. The number of hydrogen-bond donors (Lipinski definition) is 0. The van der Waals surface area contributed by atoms with Gasteiger partial charge in [-0.05, 0) is 31.1 Å². The van der Waals surface area contributed by atoms with E-state index >= 15 is 0 Å². The van der Waals surface area contributed by atoms with Crippen LogP contribution in [0, 0.1) is 17.3 Å². The highest BCUT2D eigenvalue weighted by molar-refractivity contribution is 5.62. The molecule has 0 aliphatic heterocycles. The molecule has 0 heterocycles. The number of fused-ring (bicyclic) bond motifs is 2. The molecule has 2 rings (SSSR count). The third kappa shape index (κ3) is 0.800. The molecule has 3 atom stereocenters. The zero-order chi connectivity index (χ0) is 7.90. The molecule has 2 aliphatic carbocycles. The minimum Gasteiger partial charge on any atom is -0.303 e. The molecule has 0 N–H and O–H groups in total. The fraction of sp³-hybridized carbons (Fsp3) is 0.700. The van der Waals surface area contributed by atoms with Gasteiger partial charge in [0.15, 0.2) is 0 Å². The Kier molecular flexibility index (Phi) is 1.41. The van der Waals surface area contributed by atoms with E-state index in [-0.39, 0.29) is 5.41 Å². The molecule has 0 spiro atoms. The van der Waals surface area contributed by atoms with Gasteiger partial charge in [0.2, 0.25) is 0 Å². The third-order valence-electron chi connectivity index (χ3n) is 3.45. The number of carbonyl (C=O) groups is 1.